The van der Waals surface area contributed by atoms with Gasteiger partial charge < -0.3 is 0 Å². The molecule has 1 aliphatic rings. The van der Waals surface area contributed by atoms with Gasteiger partial charge in [-0.1, -0.05) is 24.3 Å². The number of allylic oxidation sites excluding steroid dienone is 2. The van der Waals surface area contributed by atoms with Crippen LogP contribution in [0.15, 0.2) is 36.4 Å². The molecule has 0 N–H and O–H groups in total. The van der Waals surface area contributed by atoms with Crippen LogP contribution in [0.1, 0.15) is 20.7 Å². The maximum Gasteiger partial charge on any atom is 0.186 e. The number of rotatable bonds is 0. The molecule has 1 aromatic rings. The molecule has 0 aliphatic heterocycles. The van der Waals surface area contributed by atoms with E-state index in [-0.39, 0.29) is 32.0 Å². The van der Waals surface area contributed by atoms with Crippen LogP contribution in [0.25, 0.3) is 0 Å². The Morgan fingerprint density at radius 3 is 1.54 bits per heavy atom. The van der Waals surface area contributed by atoms with Crippen molar-refractivity contribution >= 4 is 11.6 Å². The fourth-order valence-corrected chi connectivity index (χ4v) is 1.24. The minimum absolute atomic E-state index is 0. The molecular weight excluding hydrogens is 259 g/mol. The average molecular weight is 265 g/mol. The van der Waals surface area contributed by atoms with Crippen LogP contribution in [0.5, 0.6) is 0 Å². The minimum atomic E-state index is -0.0924. The van der Waals surface area contributed by atoms with Crippen LogP contribution in [0.4, 0.5) is 0 Å². The van der Waals surface area contributed by atoms with E-state index in [2.05, 4.69) is 0 Å². The van der Waals surface area contributed by atoms with Gasteiger partial charge in [0, 0.05) is 31.5 Å². The topological polar surface area (TPSA) is 34.1 Å². The molecule has 0 bridgehead atoms. The molecule has 0 saturated carbocycles. The van der Waals surface area contributed by atoms with Gasteiger partial charge >= 0.3 is 0 Å². The van der Waals surface area contributed by atoms with Crippen molar-refractivity contribution in [3.05, 3.63) is 47.5 Å². The minimum Gasteiger partial charge on any atom is -0.289 e. The quantitative estimate of drug-likeness (QED) is 0.667. The summed E-state index contributed by atoms with van der Waals surface area (Å²) >= 11 is 0. The van der Waals surface area contributed by atoms with Crippen molar-refractivity contribution in [2.24, 2.45) is 0 Å². The van der Waals surface area contributed by atoms with Crippen LogP contribution in [0.2, 0.25) is 0 Å². The molecule has 3 heteroatoms. The maximum absolute atomic E-state index is 11.2. The van der Waals surface area contributed by atoms with Crippen molar-refractivity contribution < 1.29 is 30.0 Å². The van der Waals surface area contributed by atoms with E-state index in [1.165, 1.54) is 12.2 Å². The Kier molecular flexibility index (Phi) is 2.92. The molecule has 0 aromatic heterocycles. The van der Waals surface area contributed by atoms with Crippen molar-refractivity contribution in [1.82, 2.24) is 0 Å². The van der Waals surface area contributed by atoms with Gasteiger partial charge in [0.15, 0.2) is 11.6 Å². The van der Waals surface area contributed by atoms with Crippen molar-refractivity contribution in [3.63, 3.8) is 0 Å². The fourth-order valence-electron chi connectivity index (χ4n) is 1.24. The second-order valence-corrected chi connectivity index (χ2v) is 2.61. The molecule has 0 radical (unpaired) electrons. The molecule has 0 spiro atoms. The molecule has 0 atom stereocenters. The van der Waals surface area contributed by atoms with Gasteiger partial charge in [0.1, 0.15) is 0 Å². The summed E-state index contributed by atoms with van der Waals surface area (Å²) in [6.45, 7) is 0. The maximum atomic E-state index is 11.2. The molecule has 68 valence electrons. The molecular formula is C10H6O2Pd. The first kappa shape index (κ1) is 10.0. The Labute approximate surface area is 89.3 Å². The summed E-state index contributed by atoms with van der Waals surface area (Å²) in [5, 5.41) is 0. The molecule has 0 unspecified atom stereocenters. The van der Waals surface area contributed by atoms with Crippen molar-refractivity contribution in [2.75, 3.05) is 0 Å². The summed E-state index contributed by atoms with van der Waals surface area (Å²) in [5.41, 5.74) is 1.01. The average Bonchev–Trinajstić information content (AvgIpc) is 2.12. The van der Waals surface area contributed by atoms with Gasteiger partial charge in [-0.3, -0.25) is 9.59 Å². The van der Waals surface area contributed by atoms with E-state index < -0.39 is 0 Å². The van der Waals surface area contributed by atoms with Gasteiger partial charge in [0.05, 0.1) is 0 Å². The molecule has 1 aliphatic carbocycles. The third kappa shape index (κ3) is 1.67. The molecule has 2 rings (SSSR count). The second-order valence-electron chi connectivity index (χ2n) is 2.61. The van der Waals surface area contributed by atoms with E-state index in [0.29, 0.717) is 11.1 Å². The van der Waals surface area contributed by atoms with E-state index in [1.54, 1.807) is 24.3 Å². The van der Waals surface area contributed by atoms with E-state index in [9.17, 15) is 9.59 Å². The summed E-state index contributed by atoms with van der Waals surface area (Å²) in [7, 11) is 0. The zero-order valence-corrected chi connectivity index (χ0v) is 8.15. The SMILES string of the molecule is O=C1C=CC(=O)c2ccccc21.[Pd]. The Hall–Kier alpha value is -1.04. The Bertz CT molecular complexity index is 357. The van der Waals surface area contributed by atoms with Gasteiger partial charge in [-0.25, -0.2) is 0 Å². The summed E-state index contributed by atoms with van der Waals surface area (Å²) < 4.78 is 0. The number of hydrogen-bond donors (Lipinski definition) is 0. The third-order valence-corrected chi connectivity index (χ3v) is 1.84. The first-order valence-electron chi connectivity index (χ1n) is 3.65. The van der Waals surface area contributed by atoms with E-state index in [0.717, 1.165) is 0 Å². The van der Waals surface area contributed by atoms with Crippen LogP contribution in [0.3, 0.4) is 0 Å². The molecule has 2 nitrogen and oxygen atoms in total. The second kappa shape index (κ2) is 3.78. The van der Waals surface area contributed by atoms with E-state index in [4.69, 9.17) is 0 Å². The summed E-state index contributed by atoms with van der Waals surface area (Å²) in [6, 6.07) is 6.84. The number of fused-ring (bicyclic) bond motifs is 1. The van der Waals surface area contributed by atoms with Crippen LogP contribution in [-0.2, 0) is 20.4 Å². The number of carbonyl (C=O) groups is 2. The zero-order valence-electron chi connectivity index (χ0n) is 6.60. The smallest absolute Gasteiger partial charge is 0.186 e. The van der Waals surface area contributed by atoms with Crippen LogP contribution < -0.4 is 0 Å². The number of hydrogen-bond acceptors (Lipinski definition) is 2. The van der Waals surface area contributed by atoms with Crippen LogP contribution >= 0.6 is 0 Å². The Morgan fingerprint density at radius 1 is 0.769 bits per heavy atom. The fraction of sp³-hybridized carbons (Fsp3) is 0. The summed E-state index contributed by atoms with van der Waals surface area (Å²) in [6.07, 6.45) is 2.62. The predicted octanol–water partition coefficient (Wildman–Crippen LogP) is 1.62. The van der Waals surface area contributed by atoms with Gasteiger partial charge in [-0.2, -0.15) is 0 Å². The van der Waals surface area contributed by atoms with Gasteiger partial charge in [0.25, 0.3) is 0 Å². The number of ketones is 2. The van der Waals surface area contributed by atoms with Crippen molar-refractivity contribution in [2.45, 2.75) is 0 Å². The zero-order chi connectivity index (χ0) is 8.55. The van der Waals surface area contributed by atoms with Crippen molar-refractivity contribution in [3.8, 4) is 0 Å². The largest absolute Gasteiger partial charge is 0.289 e. The Balaban J connectivity index is 0.000000845. The number of carbonyl (C=O) groups excluding carboxylic acids is 2. The number of benzene rings is 1. The third-order valence-electron chi connectivity index (χ3n) is 1.84. The normalized spacial score (nSPS) is 13.5. The van der Waals surface area contributed by atoms with Gasteiger partial charge in [0.2, 0.25) is 0 Å². The molecule has 0 fully saturated rings. The predicted molar refractivity (Wildman–Crippen MR) is 44.2 cm³/mol. The molecule has 13 heavy (non-hydrogen) atoms. The first-order chi connectivity index (χ1) is 5.79. The van der Waals surface area contributed by atoms with Crippen LogP contribution in [0, 0.1) is 0 Å². The first-order valence-corrected chi connectivity index (χ1v) is 3.65. The van der Waals surface area contributed by atoms with E-state index >= 15 is 0 Å². The standard InChI is InChI=1S/C10H6O2.Pd/c11-9-5-6-10(12)8-4-2-1-3-7(8)9;/h1-6H;. The van der Waals surface area contributed by atoms with Gasteiger partial charge in [-0.15, -0.1) is 0 Å². The summed E-state index contributed by atoms with van der Waals surface area (Å²) in [5.74, 6) is -0.185. The molecule has 0 saturated heterocycles. The Morgan fingerprint density at radius 2 is 1.15 bits per heavy atom. The monoisotopic (exact) mass is 264 g/mol. The van der Waals surface area contributed by atoms with Gasteiger partial charge in [-0.05, 0) is 12.2 Å². The van der Waals surface area contributed by atoms with Crippen molar-refractivity contribution in [1.29, 1.82) is 0 Å². The molecule has 0 amide bonds. The molecule has 1 aromatic carbocycles. The molecule has 0 heterocycles. The summed E-state index contributed by atoms with van der Waals surface area (Å²) in [4.78, 5) is 22.4. The van der Waals surface area contributed by atoms with E-state index in [1.807, 2.05) is 0 Å². The van der Waals surface area contributed by atoms with Crippen LogP contribution in [-0.4, -0.2) is 11.6 Å².